The van der Waals surface area contributed by atoms with Gasteiger partial charge in [0.05, 0.1) is 29.6 Å². The summed E-state index contributed by atoms with van der Waals surface area (Å²) in [6, 6.07) is 6.99. The average Bonchev–Trinajstić information content (AvgIpc) is 2.66. The van der Waals surface area contributed by atoms with Gasteiger partial charge in [0.25, 0.3) is 5.56 Å². The zero-order valence-electron chi connectivity index (χ0n) is 15.1. The lowest BCUT2D eigenvalue weighted by Crippen LogP contribution is -2.25. The molecule has 10 heteroatoms. The van der Waals surface area contributed by atoms with Crippen LogP contribution in [-0.4, -0.2) is 20.9 Å². The largest absolute Gasteiger partial charge is 0.481 e. The van der Waals surface area contributed by atoms with Gasteiger partial charge < -0.3 is 5.11 Å². The van der Waals surface area contributed by atoms with Crippen molar-refractivity contribution >= 4 is 22.8 Å². The summed E-state index contributed by atoms with van der Waals surface area (Å²) in [7, 11) is 0. The fourth-order valence-corrected chi connectivity index (χ4v) is 2.91. The van der Waals surface area contributed by atoms with Gasteiger partial charge >= 0.3 is 12.1 Å². The molecule has 0 aliphatic rings. The Balaban J connectivity index is 2.01. The highest BCUT2D eigenvalue weighted by molar-refractivity contribution is 5.86. The molecule has 0 aliphatic heterocycles. The number of fused-ring (bicyclic) bond motifs is 1. The Labute approximate surface area is 165 Å². The summed E-state index contributed by atoms with van der Waals surface area (Å²) in [4.78, 5) is 23.6. The Bertz CT molecular complexity index is 1220. The number of hydrogen-bond acceptors (Lipinski definition) is 3. The van der Waals surface area contributed by atoms with Gasteiger partial charge in [-0.2, -0.15) is 18.3 Å². The molecule has 0 bridgehead atoms. The van der Waals surface area contributed by atoms with Gasteiger partial charge in [0.1, 0.15) is 11.6 Å². The molecule has 0 atom stereocenters. The summed E-state index contributed by atoms with van der Waals surface area (Å²) < 4.78 is 67.2. The molecule has 0 aliphatic carbocycles. The van der Waals surface area contributed by atoms with Gasteiger partial charge in [0.2, 0.25) is 0 Å². The molecule has 0 fully saturated rings. The normalized spacial score (nSPS) is 12.0. The van der Waals surface area contributed by atoms with E-state index in [0.29, 0.717) is 17.5 Å². The van der Waals surface area contributed by atoms with Crippen molar-refractivity contribution in [3.63, 3.8) is 0 Å². The maximum atomic E-state index is 14.1. The van der Waals surface area contributed by atoms with Crippen LogP contribution in [0.3, 0.4) is 0 Å². The topological polar surface area (TPSA) is 72.2 Å². The number of aromatic nitrogens is 2. The van der Waals surface area contributed by atoms with E-state index >= 15 is 0 Å². The Morgan fingerprint density at radius 3 is 2.40 bits per heavy atom. The number of carbonyl (C=O) groups is 1. The van der Waals surface area contributed by atoms with Crippen molar-refractivity contribution in [3.8, 4) is 0 Å². The first-order valence-corrected chi connectivity index (χ1v) is 8.52. The molecule has 5 nitrogen and oxygen atoms in total. The number of aliphatic carboxylic acids is 1. The van der Waals surface area contributed by atoms with E-state index < -0.39 is 46.9 Å². The molecule has 0 radical (unpaired) electrons. The lowest BCUT2D eigenvalue weighted by Gasteiger charge is -2.10. The number of carboxylic acids is 1. The van der Waals surface area contributed by atoms with Crippen molar-refractivity contribution in [3.05, 3.63) is 81.3 Å². The molecule has 0 saturated heterocycles. The number of alkyl halides is 3. The van der Waals surface area contributed by atoms with E-state index in [9.17, 15) is 31.5 Å². The first-order chi connectivity index (χ1) is 14.1. The third kappa shape index (κ3) is 4.22. The van der Waals surface area contributed by atoms with Crippen LogP contribution in [0.1, 0.15) is 16.8 Å². The standard InChI is InChI=1S/C20H13F5N2O3/c21-15-8-7-14(20(23,24)25)18(22)13(15)6-3-9-27-19(30)12-5-2-1-4-11(12)16(26-27)10-17(28)29/h1-8H,9-10H2,(H,28,29)/b6-3+. The Morgan fingerprint density at radius 1 is 1.10 bits per heavy atom. The van der Waals surface area contributed by atoms with E-state index in [1.54, 1.807) is 12.1 Å². The predicted molar refractivity (Wildman–Crippen MR) is 97.7 cm³/mol. The number of benzene rings is 2. The molecule has 0 unspecified atom stereocenters. The lowest BCUT2D eigenvalue weighted by atomic mass is 10.1. The van der Waals surface area contributed by atoms with Crippen LogP contribution >= 0.6 is 0 Å². The first kappa shape index (κ1) is 21.2. The fourth-order valence-electron chi connectivity index (χ4n) is 2.91. The second-order valence-corrected chi connectivity index (χ2v) is 6.27. The summed E-state index contributed by atoms with van der Waals surface area (Å²) in [5, 5.41) is 13.6. The van der Waals surface area contributed by atoms with Gasteiger partial charge in [-0.15, -0.1) is 0 Å². The fraction of sp³-hybridized carbons (Fsp3) is 0.150. The minimum Gasteiger partial charge on any atom is -0.481 e. The number of allylic oxidation sites excluding steroid dienone is 1. The van der Waals surface area contributed by atoms with Crippen LogP contribution in [0.2, 0.25) is 0 Å². The smallest absolute Gasteiger partial charge is 0.419 e. The molecular weight excluding hydrogens is 411 g/mol. The monoisotopic (exact) mass is 424 g/mol. The van der Waals surface area contributed by atoms with E-state index in [2.05, 4.69) is 5.10 Å². The second-order valence-electron chi connectivity index (χ2n) is 6.27. The van der Waals surface area contributed by atoms with E-state index in [0.717, 1.165) is 16.8 Å². The van der Waals surface area contributed by atoms with Crippen LogP contribution < -0.4 is 5.56 Å². The highest BCUT2D eigenvalue weighted by Gasteiger charge is 2.35. The van der Waals surface area contributed by atoms with Gasteiger partial charge in [0, 0.05) is 10.9 Å². The molecule has 0 amide bonds. The van der Waals surface area contributed by atoms with E-state index in [4.69, 9.17) is 5.11 Å². The number of halogens is 5. The van der Waals surface area contributed by atoms with Crippen molar-refractivity contribution in [1.82, 2.24) is 9.78 Å². The highest BCUT2D eigenvalue weighted by Crippen LogP contribution is 2.33. The van der Waals surface area contributed by atoms with Crippen LogP contribution in [0.15, 0.2) is 47.3 Å². The summed E-state index contributed by atoms with van der Waals surface area (Å²) in [6.07, 6.45) is -3.63. The molecular formula is C20H13F5N2O3. The van der Waals surface area contributed by atoms with Crippen LogP contribution in [0.25, 0.3) is 16.8 Å². The average molecular weight is 424 g/mol. The SMILES string of the molecule is O=C(O)Cc1nn(C/C=C/c2c(F)ccc(C(F)(F)F)c2F)c(=O)c2ccccc12. The zero-order chi connectivity index (χ0) is 22.1. The molecule has 1 N–H and O–H groups in total. The molecule has 1 heterocycles. The molecule has 3 rings (SSSR count). The van der Waals surface area contributed by atoms with Gasteiger partial charge in [-0.3, -0.25) is 9.59 Å². The Kier molecular flexibility index (Phi) is 5.68. The van der Waals surface area contributed by atoms with Crippen LogP contribution in [0.5, 0.6) is 0 Å². The van der Waals surface area contributed by atoms with Gasteiger partial charge in [-0.25, -0.2) is 13.5 Å². The third-order valence-corrected chi connectivity index (χ3v) is 4.26. The molecule has 3 aromatic rings. The quantitative estimate of drug-likeness (QED) is 0.628. The van der Waals surface area contributed by atoms with E-state index in [1.807, 2.05) is 0 Å². The molecule has 30 heavy (non-hydrogen) atoms. The van der Waals surface area contributed by atoms with Crippen molar-refractivity contribution in [2.45, 2.75) is 19.1 Å². The molecule has 156 valence electrons. The number of rotatable bonds is 5. The summed E-state index contributed by atoms with van der Waals surface area (Å²) in [5.41, 5.74) is -3.02. The van der Waals surface area contributed by atoms with Crippen LogP contribution in [0, 0.1) is 11.6 Å². The van der Waals surface area contributed by atoms with Crippen molar-refractivity contribution in [2.75, 3.05) is 0 Å². The molecule has 0 saturated carbocycles. The zero-order valence-corrected chi connectivity index (χ0v) is 15.1. The van der Waals surface area contributed by atoms with Gasteiger partial charge in [-0.1, -0.05) is 30.4 Å². The third-order valence-electron chi connectivity index (χ3n) is 4.26. The van der Waals surface area contributed by atoms with Gasteiger partial charge in [-0.05, 0) is 18.2 Å². The van der Waals surface area contributed by atoms with Crippen molar-refractivity contribution < 1.29 is 31.9 Å². The number of carboxylic acid groups (broad SMARTS) is 1. The van der Waals surface area contributed by atoms with Crippen molar-refractivity contribution in [1.29, 1.82) is 0 Å². The maximum absolute atomic E-state index is 14.1. The summed E-state index contributed by atoms with van der Waals surface area (Å²) >= 11 is 0. The summed E-state index contributed by atoms with van der Waals surface area (Å²) in [5.74, 6) is -4.16. The lowest BCUT2D eigenvalue weighted by molar-refractivity contribution is -0.140. The Hall–Kier alpha value is -3.56. The van der Waals surface area contributed by atoms with E-state index in [1.165, 1.54) is 12.1 Å². The first-order valence-electron chi connectivity index (χ1n) is 8.52. The van der Waals surface area contributed by atoms with E-state index in [-0.39, 0.29) is 17.6 Å². The summed E-state index contributed by atoms with van der Waals surface area (Å²) in [6.45, 7) is -0.342. The highest BCUT2D eigenvalue weighted by atomic mass is 19.4. The molecule has 1 aromatic heterocycles. The minimum atomic E-state index is -5.00. The number of nitrogens with zero attached hydrogens (tertiary/aromatic N) is 2. The Morgan fingerprint density at radius 2 is 1.77 bits per heavy atom. The second kappa shape index (κ2) is 8.05. The van der Waals surface area contributed by atoms with Crippen LogP contribution in [-0.2, 0) is 23.9 Å². The minimum absolute atomic E-state index is 0.0996. The van der Waals surface area contributed by atoms with Gasteiger partial charge in [0.15, 0.2) is 0 Å². The number of hydrogen-bond donors (Lipinski definition) is 1. The predicted octanol–water partition coefficient (Wildman–Crippen LogP) is 4.03. The van der Waals surface area contributed by atoms with Crippen LogP contribution in [0.4, 0.5) is 22.0 Å². The molecule has 2 aromatic carbocycles. The van der Waals surface area contributed by atoms with Crippen molar-refractivity contribution in [2.24, 2.45) is 0 Å². The maximum Gasteiger partial charge on any atom is 0.419 e. The molecule has 0 spiro atoms.